The fourth-order valence-electron chi connectivity index (χ4n) is 2.79. The molecule has 27 heavy (non-hydrogen) atoms. The highest BCUT2D eigenvalue weighted by Gasteiger charge is 2.21. The summed E-state index contributed by atoms with van der Waals surface area (Å²) in [5, 5.41) is 12.6. The van der Waals surface area contributed by atoms with Gasteiger partial charge in [-0.1, -0.05) is 18.2 Å². The lowest BCUT2D eigenvalue weighted by atomic mass is 10.2. The normalized spacial score (nSPS) is 14.1. The molecule has 1 saturated heterocycles. The third-order valence-corrected chi connectivity index (χ3v) is 4.19. The Morgan fingerprint density at radius 1 is 1.11 bits per heavy atom. The maximum absolute atomic E-state index is 12.4. The minimum atomic E-state index is -0.570. The molecule has 8 nitrogen and oxygen atoms in total. The van der Waals surface area contributed by atoms with Crippen LogP contribution in [0.25, 0.3) is 11.5 Å². The first-order valence-electron chi connectivity index (χ1n) is 8.56. The number of oxazole rings is 1. The first-order valence-corrected chi connectivity index (χ1v) is 8.56. The predicted octanol–water partition coefficient (Wildman–Crippen LogP) is 2.53. The van der Waals surface area contributed by atoms with E-state index in [2.05, 4.69) is 20.2 Å². The Bertz CT molecular complexity index is 919. The van der Waals surface area contributed by atoms with Gasteiger partial charge < -0.3 is 24.5 Å². The quantitative estimate of drug-likeness (QED) is 0.732. The number of morpholine rings is 1. The SMILES string of the molecule is O=C(Nc1ccc(N2CCOCC2)nc1)c1nc(-c2ccccc2)oc1O. The second kappa shape index (κ2) is 7.46. The van der Waals surface area contributed by atoms with Gasteiger partial charge in [0.05, 0.1) is 25.1 Å². The van der Waals surface area contributed by atoms with Crippen molar-refractivity contribution in [3.05, 3.63) is 54.4 Å². The van der Waals surface area contributed by atoms with Gasteiger partial charge in [0.25, 0.3) is 5.91 Å². The van der Waals surface area contributed by atoms with Crippen molar-refractivity contribution < 1.29 is 19.1 Å². The molecule has 4 rings (SSSR count). The molecule has 0 aliphatic carbocycles. The largest absolute Gasteiger partial charge is 0.479 e. The Morgan fingerprint density at radius 3 is 2.59 bits per heavy atom. The van der Waals surface area contributed by atoms with E-state index in [4.69, 9.17) is 9.15 Å². The molecule has 1 amide bonds. The average molecular weight is 366 g/mol. The zero-order valence-corrected chi connectivity index (χ0v) is 14.5. The molecule has 2 N–H and O–H groups in total. The number of carbonyl (C=O) groups is 1. The van der Waals surface area contributed by atoms with Crippen molar-refractivity contribution in [2.24, 2.45) is 0 Å². The smallest absolute Gasteiger partial charge is 0.316 e. The van der Waals surface area contributed by atoms with Crippen molar-refractivity contribution >= 4 is 17.4 Å². The van der Waals surface area contributed by atoms with Crippen LogP contribution in [0.5, 0.6) is 5.95 Å². The second-order valence-electron chi connectivity index (χ2n) is 6.00. The molecule has 1 aromatic carbocycles. The van der Waals surface area contributed by atoms with E-state index in [-0.39, 0.29) is 11.6 Å². The molecule has 8 heteroatoms. The van der Waals surface area contributed by atoms with Crippen molar-refractivity contribution in [1.82, 2.24) is 9.97 Å². The van der Waals surface area contributed by atoms with Crippen molar-refractivity contribution in [2.45, 2.75) is 0 Å². The van der Waals surface area contributed by atoms with Gasteiger partial charge in [-0.15, -0.1) is 0 Å². The van der Waals surface area contributed by atoms with E-state index in [1.807, 2.05) is 24.3 Å². The molecule has 0 spiro atoms. The lowest BCUT2D eigenvalue weighted by molar-refractivity contribution is 0.101. The molecule has 1 aliphatic heterocycles. The molecule has 1 aliphatic rings. The number of hydrogen-bond acceptors (Lipinski definition) is 7. The Labute approximate surface area is 155 Å². The summed E-state index contributed by atoms with van der Waals surface area (Å²) in [6.45, 7) is 2.92. The summed E-state index contributed by atoms with van der Waals surface area (Å²) in [7, 11) is 0. The molecular weight excluding hydrogens is 348 g/mol. The number of anilines is 2. The van der Waals surface area contributed by atoms with Gasteiger partial charge in [0.2, 0.25) is 11.6 Å². The third kappa shape index (κ3) is 3.75. The number of aromatic nitrogens is 2. The van der Waals surface area contributed by atoms with Crippen LogP contribution in [-0.4, -0.2) is 47.3 Å². The minimum absolute atomic E-state index is 0.175. The van der Waals surface area contributed by atoms with Gasteiger partial charge in [-0.25, -0.2) is 4.98 Å². The summed E-state index contributed by atoms with van der Waals surface area (Å²) >= 11 is 0. The standard InChI is InChI=1S/C19H18N4O4/c24-17(16-19(25)27-18(22-16)13-4-2-1-3-5-13)21-14-6-7-15(20-12-14)23-8-10-26-11-9-23/h1-7,12,25H,8-11H2,(H,21,24). The van der Waals surface area contributed by atoms with Gasteiger partial charge in [-0.2, -0.15) is 4.98 Å². The summed E-state index contributed by atoms with van der Waals surface area (Å²) < 4.78 is 10.5. The van der Waals surface area contributed by atoms with E-state index in [1.165, 1.54) is 0 Å². The Morgan fingerprint density at radius 2 is 1.89 bits per heavy atom. The molecule has 0 radical (unpaired) electrons. The van der Waals surface area contributed by atoms with Crippen molar-refractivity contribution in [3.8, 4) is 17.4 Å². The van der Waals surface area contributed by atoms with Crippen LogP contribution in [0, 0.1) is 0 Å². The Kier molecular flexibility index (Phi) is 4.71. The van der Waals surface area contributed by atoms with Gasteiger partial charge in [0, 0.05) is 18.7 Å². The van der Waals surface area contributed by atoms with Crippen LogP contribution in [0.4, 0.5) is 11.5 Å². The number of hydrogen-bond donors (Lipinski definition) is 2. The first-order chi connectivity index (χ1) is 13.2. The maximum Gasteiger partial charge on any atom is 0.316 e. The molecule has 1 fully saturated rings. The molecule has 0 saturated carbocycles. The topological polar surface area (TPSA) is 101 Å². The number of pyridine rings is 1. The van der Waals surface area contributed by atoms with Gasteiger partial charge in [-0.3, -0.25) is 4.79 Å². The summed E-state index contributed by atoms with van der Waals surface area (Å²) in [6.07, 6.45) is 1.57. The van der Waals surface area contributed by atoms with Crippen LogP contribution in [0.15, 0.2) is 53.1 Å². The van der Waals surface area contributed by atoms with Gasteiger partial charge >= 0.3 is 5.95 Å². The van der Waals surface area contributed by atoms with Crippen LogP contribution in [0.1, 0.15) is 10.5 Å². The number of rotatable bonds is 4. The monoisotopic (exact) mass is 366 g/mol. The number of nitrogens with zero attached hydrogens (tertiary/aromatic N) is 3. The summed E-state index contributed by atoms with van der Waals surface area (Å²) in [5.74, 6) is -0.0883. The Hall–Kier alpha value is -3.39. The lowest BCUT2D eigenvalue weighted by Gasteiger charge is -2.27. The Balaban J connectivity index is 1.47. The van der Waals surface area contributed by atoms with E-state index < -0.39 is 11.9 Å². The third-order valence-electron chi connectivity index (χ3n) is 4.19. The highest BCUT2D eigenvalue weighted by molar-refractivity contribution is 6.04. The summed E-state index contributed by atoms with van der Waals surface area (Å²) in [6, 6.07) is 12.6. The predicted molar refractivity (Wildman–Crippen MR) is 98.8 cm³/mol. The average Bonchev–Trinajstić information content (AvgIpc) is 3.12. The van der Waals surface area contributed by atoms with Crippen LogP contribution >= 0.6 is 0 Å². The molecule has 0 atom stereocenters. The van der Waals surface area contributed by atoms with E-state index in [0.29, 0.717) is 24.5 Å². The van der Waals surface area contributed by atoms with E-state index in [0.717, 1.165) is 18.9 Å². The highest BCUT2D eigenvalue weighted by Crippen LogP contribution is 2.27. The van der Waals surface area contributed by atoms with Crippen LogP contribution < -0.4 is 10.2 Å². The molecule has 0 unspecified atom stereocenters. The van der Waals surface area contributed by atoms with Gasteiger partial charge in [0.15, 0.2) is 0 Å². The molecule has 138 valence electrons. The van der Waals surface area contributed by atoms with E-state index in [9.17, 15) is 9.90 Å². The fourth-order valence-corrected chi connectivity index (χ4v) is 2.79. The molecular formula is C19H18N4O4. The van der Waals surface area contributed by atoms with Crippen LogP contribution in [-0.2, 0) is 4.74 Å². The van der Waals surface area contributed by atoms with Crippen molar-refractivity contribution in [1.29, 1.82) is 0 Å². The van der Waals surface area contributed by atoms with Crippen molar-refractivity contribution in [3.63, 3.8) is 0 Å². The van der Waals surface area contributed by atoms with Gasteiger partial charge in [0.1, 0.15) is 5.82 Å². The number of benzene rings is 1. The van der Waals surface area contributed by atoms with E-state index >= 15 is 0 Å². The number of carbonyl (C=O) groups excluding carboxylic acids is 1. The van der Waals surface area contributed by atoms with Crippen molar-refractivity contribution in [2.75, 3.05) is 36.5 Å². The maximum atomic E-state index is 12.4. The molecule has 3 heterocycles. The molecule has 3 aromatic rings. The number of aromatic hydroxyl groups is 1. The van der Waals surface area contributed by atoms with Crippen LogP contribution in [0.3, 0.4) is 0 Å². The molecule has 0 bridgehead atoms. The number of ether oxygens (including phenoxy) is 1. The lowest BCUT2D eigenvalue weighted by Crippen LogP contribution is -2.36. The zero-order valence-electron chi connectivity index (χ0n) is 14.5. The number of nitrogens with one attached hydrogen (secondary N) is 1. The van der Waals surface area contributed by atoms with Gasteiger partial charge in [-0.05, 0) is 24.3 Å². The highest BCUT2D eigenvalue weighted by atomic mass is 16.5. The first kappa shape index (κ1) is 17.0. The van der Waals surface area contributed by atoms with E-state index in [1.54, 1.807) is 24.4 Å². The number of amides is 1. The summed E-state index contributed by atoms with van der Waals surface area (Å²) in [4.78, 5) is 23.0. The van der Waals surface area contributed by atoms with Crippen LogP contribution in [0.2, 0.25) is 0 Å². The summed E-state index contributed by atoms with van der Waals surface area (Å²) in [5.41, 5.74) is 0.996. The fraction of sp³-hybridized carbons (Fsp3) is 0.211. The second-order valence-corrected chi connectivity index (χ2v) is 6.00. The molecule has 2 aromatic heterocycles. The zero-order chi connectivity index (χ0) is 18.6. The minimum Gasteiger partial charge on any atom is -0.479 e.